The maximum absolute atomic E-state index is 9.54. The van der Waals surface area contributed by atoms with Gasteiger partial charge in [-0.25, -0.2) is 0 Å². The Kier molecular flexibility index (Phi) is 10.1. The minimum absolute atomic E-state index is 0.0502. The fraction of sp³-hybridized carbons (Fsp3) is 0.391. The molecule has 0 saturated carbocycles. The summed E-state index contributed by atoms with van der Waals surface area (Å²) in [7, 11) is 4.50. The normalized spacial score (nSPS) is 13.0. The maximum atomic E-state index is 9.54. The van der Waals surface area contributed by atoms with E-state index in [1.54, 1.807) is 24.3 Å². The standard InChI is InChI=1S/C23H30O9/c1-28-20-8-15(6-7-19(20)31-13-17(26)11-24)4-5-16-9-21(29-2)23(22(10-16)30-3)32-14-18(27)12-25/h4-10,17-18,24-27H,11-14H2,1-3H3/b5-4+. The van der Waals surface area contributed by atoms with Gasteiger partial charge in [-0.1, -0.05) is 18.2 Å². The predicted molar refractivity (Wildman–Crippen MR) is 119 cm³/mol. The van der Waals surface area contributed by atoms with Crippen LogP contribution in [0.25, 0.3) is 12.2 Å². The number of aliphatic hydroxyl groups excluding tert-OH is 4. The molecule has 2 atom stereocenters. The molecule has 0 spiro atoms. The van der Waals surface area contributed by atoms with Crippen LogP contribution >= 0.6 is 0 Å². The van der Waals surface area contributed by atoms with Crippen molar-refractivity contribution in [2.75, 3.05) is 47.8 Å². The van der Waals surface area contributed by atoms with Crippen LogP contribution < -0.4 is 23.7 Å². The van der Waals surface area contributed by atoms with E-state index in [9.17, 15) is 10.2 Å². The Morgan fingerprint density at radius 2 is 1.19 bits per heavy atom. The number of methoxy groups -OCH3 is 3. The summed E-state index contributed by atoms with van der Waals surface area (Å²) in [6.45, 7) is -0.962. The molecule has 2 aromatic rings. The van der Waals surface area contributed by atoms with E-state index in [2.05, 4.69) is 0 Å². The van der Waals surface area contributed by atoms with Gasteiger partial charge in [0.1, 0.15) is 25.4 Å². The van der Waals surface area contributed by atoms with Crippen molar-refractivity contribution in [2.45, 2.75) is 12.2 Å². The second kappa shape index (κ2) is 12.8. The molecule has 0 radical (unpaired) electrons. The summed E-state index contributed by atoms with van der Waals surface area (Å²) in [5.41, 5.74) is 1.61. The first kappa shape index (κ1) is 25.3. The average molecular weight is 450 g/mol. The number of benzene rings is 2. The molecule has 2 unspecified atom stereocenters. The van der Waals surface area contributed by atoms with Crippen molar-refractivity contribution in [3.8, 4) is 28.7 Å². The molecule has 0 aromatic heterocycles. The summed E-state index contributed by atoms with van der Waals surface area (Å²) >= 11 is 0. The molecule has 9 heteroatoms. The molecular formula is C23H30O9. The molecule has 4 N–H and O–H groups in total. The Morgan fingerprint density at radius 3 is 1.72 bits per heavy atom. The van der Waals surface area contributed by atoms with Crippen molar-refractivity contribution < 1.29 is 44.1 Å². The van der Waals surface area contributed by atoms with E-state index in [0.717, 1.165) is 11.1 Å². The third-order valence-corrected chi connectivity index (χ3v) is 4.41. The van der Waals surface area contributed by atoms with Crippen molar-refractivity contribution in [3.63, 3.8) is 0 Å². The molecule has 0 bridgehead atoms. The first-order chi connectivity index (χ1) is 15.4. The van der Waals surface area contributed by atoms with Gasteiger partial charge in [-0.2, -0.15) is 0 Å². The van der Waals surface area contributed by atoms with E-state index < -0.39 is 18.8 Å². The molecule has 176 valence electrons. The van der Waals surface area contributed by atoms with E-state index in [4.69, 9.17) is 33.9 Å². The summed E-state index contributed by atoms with van der Waals surface area (Å²) in [6, 6.07) is 8.82. The van der Waals surface area contributed by atoms with Gasteiger partial charge in [0.05, 0.1) is 34.5 Å². The Balaban J connectivity index is 2.23. The highest BCUT2D eigenvalue weighted by Crippen LogP contribution is 2.39. The van der Waals surface area contributed by atoms with Gasteiger partial charge in [0.2, 0.25) is 5.75 Å². The number of hydrogen-bond acceptors (Lipinski definition) is 9. The van der Waals surface area contributed by atoms with Crippen LogP contribution in [0.3, 0.4) is 0 Å². The van der Waals surface area contributed by atoms with Crippen LogP contribution in [0.4, 0.5) is 0 Å². The molecule has 0 aliphatic heterocycles. The first-order valence-corrected chi connectivity index (χ1v) is 9.91. The molecule has 0 aliphatic rings. The number of rotatable bonds is 13. The van der Waals surface area contributed by atoms with E-state index in [0.29, 0.717) is 28.7 Å². The van der Waals surface area contributed by atoms with Crippen LogP contribution in [-0.4, -0.2) is 80.4 Å². The lowest BCUT2D eigenvalue weighted by Crippen LogP contribution is -2.21. The molecule has 0 saturated heterocycles. The number of hydrogen-bond donors (Lipinski definition) is 4. The lowest BCUT2D eigenvalue weighted by Gasteiger charge is -2.16. The lowest BCUT2D eigenvalue weighted by atomic mass is 10.1. The van der Waals surface area contributed by atoms with Crippen LogP contribution in [0.1, 0.15) is 11.1 Å². The van der Waals surface area contributed by atoms with Crippen LogP contribution in [0.2, 0.25) is 0 Å². The van der Waals surface area contributed by atoms with E-state index in [1.807, 2.05) is 18.2 Å². The SMILES string of the molecule is COc1cc(/C=C/c2cc(OC)c(OCC(O)CO)c(OC)c2)ccc1OCC(O)CO. The van der Waals surface area contributed by atoms with E-state index in [1.165, 1.54) is 21.3 Å². The molecule has 2 rings (SSSR count). The average Bonchev–Trinajstić information content (AvgIpc) is 2.84. The maximum Gasteiger partial charge on any atom is 0.203 e. The van der Waals surface area contributed by atoms with Gasteiger partial charge in [-0.15, -0.1) is 0 Å². The van der Waals surface area contributed by atoms with Crippen LogP contribution in [0.5, 0.6) is 28.7 Å². The minimum atomic E-state index is -1.02. The van der Waals surface area contributed by atoms with Crippen LogP contribution in [0.15, 0.2) is 30.3 Å². The summed E-state index contributed by atoms with van der Waals surface area (Å²) in [4.78, 5) is 0. The van der Waals surface area contributed by atoms with Gasteiger partial charge in [0.25, 0.3) is 0 Å². The topological polar surface area (TPSA) is 127 Å². The summed E-state index contributed by atoms with van der Waals surface area (Å²) < 4.78 is 27.2. The zero-order valence-electron chi connectivity index (χ0n) is 18.4. The predicted octanol–water partition coefficient (Wildman–Crippen LogP) is 1.35. The Bertz CT molecular complexity index is 857. The van der Waals surface area contributed by atoms with Gasteiger partial charge in [-0.05, 0) is 35.4 Å². The minimum Gasteiger partial charge on any atom is -0.493 e. The van der Waals surface area contributed by atoms with E-state index in [-0.39, 0.29) is 19.8 Å². The van der Waals surface area contributed by atoms with Crippen LogP contribution in [-0.2, 0) is 0 Å². The van der Waals surface area contributed by atoms with E-state index >= 15 is 0 Å². The first-order valence-electron chi connectivity index (χ1n) is 9.91. The molecule has 0 heterocycles. The molecule has 0 aliphatic carbocycles. The third-order valence-electron chi connectivity index (χ3n) is 4.41. The Labute approximate surface area is 187 Å². The number of aliphatic hydroxyl groups is 4. The monoisotopic (exact) mass is 450 g/mol. The fourth-order valence-electron chi connectivity index (χ4n) is 2.71. The summed E-state index contributed by atoms with van der Waals surface area (Å²) in [6.07, 6.45) is 1.72. The lowest BCUT2D eigenvalue weighted by molar-refractivity contribution is 0.0518. The van der Waals surface area contributed by atoms with Crippen molar-refractivity contribution in [3.05, 3.63) is 41.5 Å². The summed E-state index contributed by atoms with van der Waals surface area (Å²) in [5, 5.41) is 36.9. The fourth-order valence-corrected chi connectivity index (χ4v) is 2.71. The van der Waals surface area contributed by atoms with Crippen molar-refractivity contribution in [1.82, 2.24) is 0 Å². The van der Waals surface area contributed by atoms with Gasteiger partial charge in [0.15, 0.2) is 23.0 Å². The second-order valence-electron chi connectivity index (χ2n) is 6.79. The summed E-state index contributed by atoms with van der Waals surface area (Å²) in [5.74, 6) is 2.09. The highest BCUT2D eigenvalue weighted by Gasteiger charge is 2.15. The third kappa shape index (κ3) is 7.03. The zero-order valence-corrected chi connectivity index (χ0v) is 18.4. The van der Waals surface area contributed by atoms with Crippen molar-refractivity contribution in [2.24, 2.45) is 0 Å². The quantitative estimate of drug-likeness (QED) is 0.334. The smallest absolute Gasteiger partial charge is 0.203 e. The Hall–Kier alpha value is -2.98. The van der Waals surface area contributed by atoms with Gasteiger partial charge < -0.3 is 44.1 Å². The molecular weight excluding hydrogens is 420 g/mol. The second-order valence-corrected chi connectivity index (χ2v) is 6.79. The zero-order chi connectivity index (χ0) is 23.5. The Morgan fingerprint density at radius 1 is 0.688 bits per heavy atom. The largest absolute Gasteiger partial charge is 0.493 e. The molecule has 32 heavy (non-hydrogen) atoms. The van der Waals surface area contributed by atoms with Crippen molar-refractivity contribution in [1.29, 1.82) is 0 Å². The highest BCUT2D eigenvalue weighted by atomic mass is 16.5. The molecule has 0 fully saturated rings. The molecule has 2 aromatic carbocycles. The molecule has 0 amide bonds. The number of ether oxygens (including phenoxy) is 5. The highest BCUT2D eigenvalue weighted by molar-refractivity contribution is 5.73. The van der Waals surface area contributed by atoms with Crippen molar-refractivity contribution >= 4 is 12.2 Å². The molecule has 9 nitrogen and oxygen atoms in total. The van der Waals surface area contributed by atoms with Gasteiger partial charge in [-0.3, -0.25) is 0 Å². The van der Waals surface area contributed by atoms with Gasteiger partial charge >= 0.3 is 0 Å². The van der Waals surface area contributed by atoms with Gasteiger partial charge in [0, 0.05) is 0 Å². The van der Waals surface area contributed by atoms with Crippen LogP contribution in [0, 0.1) is 0 Å².